The number of aromatic nitrogens is 2. The molecule has 0 aliphatic heterocycles. The molecule has 0 fully saturated rings. The lowest BCUT2D eigenvalue weighted by Crippen LogP contribution is -2.18. The maximum Gasteiger partial charge on any atom is 0.250 e. The van der Waals surface area contributed by atoms with Gasteiger partial charge in [0.25, 0.3) is 5.91 Å². The Hall–Kier alpha value is -2.95. The molecule has 1 amide bonds. The van der Waals surface area contributed by atoms with Crippen LogP contribution in [0, 0.1) is 6.92 Å². The van der Waals surface area contributed by atoms with Gasteiger partial charge >= 0.3 is 0 Å². The molecule has 30 heavy (non-hydrogen) atoms. The Morgan fingerprint density at radius 3 is 2.00 bits per heavy atom. The number of carbonyl (C=O) groups excluding carboxylic acids is 1. The van der Waals surface area contributed by atoms with Gasteiger partial charge in [0.05, 0.1) is 11.0 Å². The largest absolute Gasteiger partial charge is 0.398 e. The number of rotatable bonds is 2. The van der Waals surface area contributed by atoms with Crippen LogP contribution in [0.4, 0.5) is 11.4 Å². The van der Waals surface area contributed by atoms with Crippen LogP contribution in [0.3, 0.4) is 0 Å². The van der Waals surface area contributed by atoms with E-state index in [1.165, 1.54) is 16.7 Å². The number of hydrogen-bond donors (Lipinski definition) is 4. The van der Waals surface area contributed by atoms with Crippen molar-refractivity contribution in [1.29, 1.82) is 0 Å². The summed E-state index contributed by atoms with van der Waals surface area (Å²) in [5.41, 5.74) is 14.5. The Morgan fingerprint density at radius 2 is 1.57 bits per heavy atom. The number of nitrogens with one attached hydrogen (secondary N) is 3. The average molecular weight is 409 g/mol. The molecule has 0 unspecified atom stereocenters. The first-order chi connectivity index (χ1) is 13.7. The molecule has 0 atom stereocenters. The quantitative estimate of drug-likeness (QED) is 0.301. The number of amides is 1. The van der Waals surface area contributed by atoms with Crippen LogP contribution in [0.2, 0.25) is 0 Å². The highest BCUT2D eigenvalue weighted by Gasteiger charge is 2.22. The zero-order chi connectivity index (χ0) is 22.9. The van der Waals surface area contributed by atoms with E-state index in [0.29, 0.717) is 5.57 Å². The van der Waals surface area contributed by atoms with Crippen molar-refractivity contribution in [1.82, 2.24) is 10.2 Å². The van der Waals surface area contributed by atoms with Gasteiger partial charge in [0.15, 0.2) is 0 Å². The summed E-state index contributed by atoms with van der Waals surface area (Å²) in [6.45, 7) is 20.7. The van der Waals surface area contributed by atoms with E-state index < -0.39 is 0 Å². The molecule has 0 radical (unpaired) electrons. The van der Waals surface area contributed by atoms with Gasteiger partial charge < -0.3 is 11.1 Å². The van der Waals surface area contributed by atoms with Gasteiger partial charge in [-0.05, 0) is 65.6 Å². The zero-order valence-corrected chi connectivity index (χ0v) is 19.6. The van der Waals surface area contributed by atoms with E-state index >= 15 is 0 Å². The third-order valence-corrected chi connectivity index (χ3v) is 5.12. The van der Waals surface area contributed by atoms with E-state index in [1.807, 2.05) is 18.2 Å². The Bertz CT molecular complexity index is 1060. The minimum absolute atomic E-state index is 0.152. The van der Waals surface area contributed by atoms with Crippen molar-refractivity contribution in [2.75, 3.05) is 11.1 Å². The lowest BCUT2D eigenvalue weighted by Gasteiger charge is -2.27. The summed E-state index contributed by atoms with van der Waals surface area (Å²) in [5.74, 6) is -0.155. The first kappa shape index (κ1) is 23.3. The monoisotopic (exact) mass is 408 g/mol. The third kappa shape index (κ3) is 5.56. The molecule has 0 saturated heterocycles. The molecule has 0 spiro atoms. The molecule has 1 aromatic heterocycles. The number of carbonyl (C=O) groups is 1. The Labute approximate surface area is 180 Å². The van der Waals surface area contributed by atoms with Crippen molar-refractivity contribution >= 4 is 28.3 Å². The maximum absolute atomic E-state index is 11.3. The van der Waals surface area contributed by atoms with Gasteiger partial charge in [0.1, 0.15) is 0 Å². The second kappa shape index (κ2) is 8.42. The molecule has 0 aliphatic rings. The van der Waals surface area contributed by atoms with Crippen LogP contribution < -0.4 is 11.1 Å². The number of H-pyrrole nitrogens is 2. The molecule has 5 heteroatoms. The number of nitrogen functional groups attached to an aromatic ring is 1. The van der Waals surface area contributed by atoms with Crippen LogP contribution in [0.1, 0.15) is 65.2 Å². The molecule has 1 heterocycles. The van der Waals surface area contributed by atoms with E-state index in [0.717, 1.165) is 22.4 Å². The van der Waals surface area contributed by atoms with E-state index in [9.17, 15) is 4.79 Å². The van der Waals surface area contributed by atoms with Crippen LogP contribution in [0.5, 0.6) is 0 Å². The van der Waals surface area contributed by atoms with Gasteiger partial charge in [-0.1, -0.05) is 54.2 Å². The molecular weight excluding hydrogens is 372 g/mol. The fourth-order valence-electron chi connectivity index (χ4n) is 3.09. The van der Waals surface area contributed by atoms with E-state index in [2.05, 4.69) is 82.7 Å². The topological polar surface area (TPSA) is 86.7 Å². The highest BCUT2D eigenvalue weighted by Crippen LogP contribution is 2.34. The predicted molar refractivity (Wildman–Crippen MR) is 129 cm³/mol. The normalized spacial score (nSPS) is 11.7. The molecule has 162 valence electrons. The van der Waals surface area contributed by atoms with E-state index in [1.54, 1.807) is 6.92 Å². The van der Waals surface area contributed by atoms with Crippen molar-refractivity contribution in [2.24, 2.45) is 0 Å². The summed E-state index contributed by atoms with van der Waals surface area (Å²) in [7, 11) is 0. The van der Waals surface area contributed by atoms with Crippen LogP contribution in [-0.2, 0) is 15.6 Å². The summed E-state index contributed by atoms with van der Waals surface area (Å²) in [6, 6.07) is 10.0. The molecule has 0 saturated carbocycles. The molecule has 0 aliphatic carbocycles. The van der Waals surface area contributed by atoms with Crippen LogP contribution >= 0.6 is 0 Å². The molecule has 3 aromatic rings. The van der Waals surface area contributed by atoms with Crippen molar-refractivity contribution in [3.8, 4) is 0 Å². The lowest BCUT2D eigenvalue weighted by atomic mass is 9.78. The number of nitrogens with two attached hydrogens (primary N) is 1. The van der Waals surface area contributed by atoms with Gasteiger partial charge in [-0.2, -0.15) is 0 Å². The smallest absolute Gasteiger partial charge is 0.250 e. The summed E-state index contributed by atoms with van der Waals surface area (Å²) in [5, 5.41) is 8.56. The number of benzene rings is 2. The highest BCUT2D eigenvalue weighted by molar-refractivity contribution is 6.03. The maximum atomic E-state index is 11.3. The van der Waals surface area contributed by atoms with Gasteiger partial charge in [-0.15, -0.1) is 0 Å². The van der Waals surface area contributed by atoms with Crippen LogP contribution in [-0.4, -0.2) is 16.1 Å². The minimum Gasteiger partial charge on any atom is -0.398 e. The van der Waals surface area contributed by atoms with Crippen molar-refractivity contribution in [2.45, 2.75) is 66.2 Å². The molecule has 2 aromatic carbocycles. The SMILES string of the molecule is C=C(C)C(=O)Nc1ccc2[nH][nH]c2c1.Cc1c(N)cc(C(C)(C)C)cc1C(C)(C)C. The standard InChI is InChI=1S/C15H25N.C10H11N3O/c1-10-12(15(5,6)7)8-11(9-13(10)16)14(2,3)4;1-6(2)10(14)11-7-3-4-8-9(5-7)13-12-8/h8-9H,16H2,1-7H3;3-5,12-13H,1H2,2H3,(H,11,14). The molecule has 5 N–H and O–H groups in total. The van der Waals surface area contributed by atoms with E-state index in [4.69, 9.17) is 5.73 Å². The van der Waals surface area contributed by atoms with Crippen molar-refractivity contribution < 1.29 is 4.79 Å². The predicted octanol–water partition coefficient (Wildman–Crippen LogP) is 6.18. The molecule has 0 bridgehead atoms. The molecule has 3 rings (SSSR count). The summed E-state index contributed by atoms with van der Waals surface area (Å²) < 4.78 is 0. The summed E-state index contributed by atoms with van der Waals surface area (Å²) in [6.07, 6.45) is 0. The number of anilines is 2. The Kier molecular flexibility index (Phi) is 6.55. The van der Waals surface area contributed by atoms with Gasteiger partial charge in [0.2, 0.25) is 0 Å². The van der Waals surface area contributed by atoms with Gasteiger partial charge in [-0.25, -0.2) is 0 Å². The van der Waals surface area contributed by atoms with Crippen LogP contribution in [0.15, 0.2) is 42.5 Å². The second-order valence-electron chi connectivity index (χ2n) is 9.98. The second-order valence-corrected chi connectivity index (χ2v) is 9.98. The van der Waals surface area contributed by atoms with Gasteiger partial charge in [0, 0.05) is 16.9 Å². The van der Waals surface area contributed by atoms with E-state index in [-0.39, 0.29) is 16.7 Å². The fraction of sp³-hybridized carbons (Fsp3) is 0.400. The van der Waals surface area contributed by atoms with Crippen molar-refractivity contribution in [3.05, 3.63) is 59.2 Å². The lowest BCUT2D eigenvalue weighted by molar-refractivity contribution is -0.112. The molecular formula is C25H36N4O. The van der Waals surface area contributed by atoms with Crippen molar-refractivity contribution in [3.63, 3.8) is 0 Å². The minimum atomic E-state index is -0.155. The number of aromatic amines is 2. The number of fused-ring (bicyclic) bond motifs is 1. The summed E-state index contributed by atoms with van der Waals surface area (Å²) in [4.78, 5) is 11.3. The van der Waals surface area contributed by atoms with Gasteiger partial charge in [-0.3, -0.25) is 15.0 Å². The Balaban J connectivity index is 0.000000215. The fourth-order valence-corrected chi connectivity index (χ4v) is 3.09. The first-order valence-electron chi connectivity index (χ1n) is 10.2. The van der Waals surface area contributed by atoms with Crippen LogP contribution in [0.25, 0.3) is 11.0 Å². The highest BCUT2D eigenvalue weighted by atomic mass is 16.1. The average Bonchev–Trinajstić information content (AvgIpc) is 2.58. The first-order valence-corrected chi connectivity index (χ1v) is 10.2. The number of hydrogen-bond acceptors (Lipinski definition) is 2. The Morgan fingerprint density at radius 1 is 0.967 bits per heavy atom. The zero-order valence-electron chi connectivity index (χ0n) is 19.6. The third-order valence-electron chi connectivity index (χ3n) is 5.12. The molecule has 5 nitrogen and oxygen atoms in total. The summed E-state index contributed by atoms with van der Waals surface area (Å²) >= 11 is 0.